The third-order valence-electron chi connectivity index (χ3n) is 6.42. The normalized spacial score (nSPS) is 29.2. The highest BCUT2D eigenvalue weighted by molar-refractivity contribution is 6.06. The Morgan fingerprint density at radius 2 is 1.74 bits per heavy atom. The van der Waals surface area contributed by atoms with Crippen LogP contribution in [0.5, 0.6) is 0 Å². The van der Waals surface area contributed by atoms with Crippen molar-refractivity contribution in [3.63, 3.8) is 0 Å². The van der Waals surface area contributed by atoms with Gasteiger partial charge in [0, 0.05) is 26.2 Å². The monoisotopic (exact) mass is 374 g/mol. The maximum Gasteiger partial charge on any atom is 0.233 e. The summed E-state index contributed by atoms with van der Waals surface area (Å²) in [5.41, 5.74) is 0. The predicted octanol–water partition coefficient (Wildman–Crippen LogP) is 2.17. The molecule has 2 bridgehead atoms. The third kappa shape index (κ3) is 4.04. The number of nitrogens with zero attached hydrogens (tertiary/aromatic N) is 2. The second-order valence-electron chi connectivity index (χ2n) is 8.01. The van der Waals surface area contributed by atoms with Gasteiger partial charge >= 0.3 is 0 Å². The van der Waals surface area contributed by atoms with Crippen LogP contribution in [0.4, 0.5) is 0 Å². The fraction of sp³-hybridized carbons (Fsp3) is 0.762. The summed E-state index contributed by atoms with van der Waals surface area (Å²) >= 11 is 0. The number of carbonyl (C=O) groups excluding carboxylic acids is 2. The van der Waals surface area contributed by atoms with Crippen molar-refractivity contribution in [3.8, 4) is 0 Å². The van der Waals surface area contributed by atoms with E-state index < -0.39 is 0 Å². The molecule has 3 rings (SSSR count). The highest BCUT2D eigenvalue weighted by Crippen LogP contribution is 2.52. The minimum atomic E-state index is -0.0839. The number of aliphatic imine (C=N–C) groups is 1. The lowest BCUT2D eigenvalue weighted by molar-refractivity contribution is -0.140. The number of imide groups is 1. The van der Waals surface area contributed by atoms with Crippen LogP contribution in [-0.2, 0) is 9.59 Å². The first-order valence-corrected chi connectivity index (χ1v) is 10.7. The van der Waals surface area contributed by atoms with Crippen molar-refractivity contribution in [1.29, 1.82) is 0 Å². The van der Waals surface area contributed by atoms with Crippen molar-refractivity contribution in [1.82, 2.24) is 15.5 Å². The molecule has 1 aliphatic heterocycles. The topological polar surface area (TPSA) is 73.8 Å². The van der Waals surface area contributed by atoms with Gasteiger partial charge in [-0.2, -0.15) is 0 Å². The number of rotatable bonds is 9. The molecular formula is C21H34N4O2. The Hall–Kier alpha value is -1.85. The van der Waals surface area contributed by atoms with E-state index in [0.29, 0.717) is 19.0 Å². The van der Waals surface area contributed by atoms with E-state index in [9.17, 15) is 9.59 Å². The molecule has 0 radical (unpaired) electrons. The molecular weight excluding hydrogens is 340 g/mol. The molecule has 2 N–H and O–H groups in total. The number of fused-ring (bicyclic) bond motifs is 5. The number of hydrogen-bond acceptors (Lipinski definition) is 3. The summed E-state index contributed by atoms with van der Waals surface area (Å²) in [6.07, 6.45) is 8.29. The Morgan fingerprint density at radius 3 is 2.30 bits per heavy atom. The van der Waals surface area contributed by atoms with Crippen molar-refractivity contribution in [2.45, 2.75) is 46.5 Å². The van der Waals surface area contributed by atoms with Gasteiger partial charge in [0.15, 0.2) is 5.96 Å². The van der Waals surface area contributed by atoms with Crippen LogP contribution in [0.25, 0.3) is 0 Å². The molecule has 1 saturated carbocycles. The summed E-state index contributed by atoms with van der Waals surface area (Å²) in [5, 5.41) is 6.60. The number of nitrogens with one attached hydrogen (secondary N) is 2. The molecule has 0 spiro atoms. The smallest absolute Gasteiger partial charge is 0.233 e. The molecule has 27 heavy (non-hydrogen) atoms. The lowest BCUT2D eigenvalue weighted by Gasteiger charge is -2.18. The zero-order valence-electron chi connectivity index (χ0n) is 16.9. The van der Waals surface area contributed by atoms with E-state index in [-0.39, 0.29) is 35.5 Å². The molecule has 150 valence electrons. The van der Waals surface area contributed by atoms with Crippen LogP contribution in [0.2, 0.25) is 0 Å². The van der Waals surface area contributed by atoms with Crippen LogP contribution >= 0.6 is 0 Å². The number of guanidine groups is 1. The standard InChI is InChI=1S/C21H34N4O2/c1-4-14(5-2)13-24-21(22-6-3)23-10-7-11-25-19(26)17-15-8-9-16(12-15)18(17)20(25)27/h8-9,14-18H,4-7,10-13H2,1-3H3,(H2,22,23,24). The first kappa shape index (κ1) is 19.9. The summed E-state index contributed by atoms with van der Waals surface area (Å²) in [6, 6.07) is 0. The summed E-state index contributed by atoms with van der Waals surface area (Å²) in [5.74, 6) is 1.95. The average molecular weight is 375 g/mol. The first-order valence-electron chi connectivity index (χ1n) is 10.7. The van der Waals surface area contributed by atoms with Gasteiger partial charge in [-0.05, 0) is 37.5 Å². The third-order valence-corrected chi connectivity index (χ3v) is 6.42. The molecule has 2 amide bonds. The molecule has 0 aromatic heterocycles. The second-order valence-corrected chi connectivity index (χ2v) is 8.01. The van der Waals surface area contributed by atoms with Gasteiger partial charge in [0.25, 0.3) is 0 Å². The van der Waals surface area contributed by atoms with Gasteiger partial charge in [-0.1, -0.05) is 38.8 Å². The van der Waals surface area contributed by atoms with Gasteiger partial charge in [-0.15, -0.1) is 0 Å². The van der Waals surface area contributed by atoms with Crippen LogP contribution in [0.1, 0.15) is 46.5 Å². The van der Waals surface area contributed by atoms with Gasteiger partial charge in [-0.25, -0.2) is 0 Å². The van der Waals surface area contributed by atoms with Crippen LogP contribution < -0.4 is 10.6 Å². The van der Waals surface area contributed by atoms with E-state index in [2.05, 4.69) is 48.5 Å². The number of carbonyl (C=O) groups is 2. The van der Waals surface area contributed by atoms with Crippen molar-refractivity contribution < 1.29 is 9.59 Å². The Bertz CT molecular complexity index is 581. The first-order chi connectivity index (χ1) is 13.1. The highest BCUT2D eigenvalue weighted by Gasteiger charge is 2.58. The summed E-state index contributed by atoms with van der Waals surface area (Å²) in [7, 11) is 0. The Labute approximate surface area is 162 Å². The van der Waals surface area contributed by atoms with Crippen LogP contribution in [0, 0.1) is 29.6 Å². The van der Waals surface area contributed by atoms with Crippen molar-refractivity contribution in [3.05, 3.63) is 12.2 Å². The predicted molar refractivity (Wildman–Crippen MR) is 107 cm³/mol. The molecule has 6 nitrogen and oxygen atoms in total. The van der Waals surface area contributed by atoms with E-state index in [1.807, 2.05) is 0 Å². The number of allylic oxidation sites excluding steroid dienone is 2. The van der Waals surface area contributed by atoms with E-state index in [1.165, 1.54) is 4.90 Å². The molecule has 1 saturated heterocycles. The van der Waals surface area contributed by atoms with Crippen LogP contribution in [0.3, 0.4) is 0 Å². The summed E-state index contributed by atoms with van der Waals surface area (Å²) in [4.78, 5) is 31.5. The number of amides is 2. The van der Waals surface area contributed by atoms with E-state index in [0.717, 1.165) is 44.7 Å². The summed E-state index contributed by atoms with van der Waals surface area (Å²) in [6.45, 7) is 9.30. The lowest BCUT2D eigenvalue weighted by atomic mass is 9.85. The van der Waals surface area contributed by atoms with Gasteiger partial charge in [0.2, 0.25) is 11.8 Å². The minimum absolute atomic E-state index is 0.0520. The molecule has 2 aliphatic carbocycles. The summed E-state index contributed by atoms with van der Waals surface area (Å²) < 4.78 is 0. The molecule has 1 heterocycles. The maximum atomic E-state index is 12.7. The lowest BCUT2D eigenvalue weighted by Crippen LogP contribution is -2.40. The van der Waals surface area contributed by atoms with Gasteiger partial charge < -0.3 is 10.6 Å². The van der Waals surface area contributed by atoms with Crippen molar-refractivity contribution in [2.24, 2.45) is 34.6 Å². The van der Waals surface area contributed by atoms with Crippen molar-refractivity contribution in [2.75, 3.05) is 26.2 Å². The second kappa shape index (κ2) is 8.89. The molecule has 4 unspecified atom stereocenters. The van der Waals surface area contributed by atoms with Crippen LogP contribution in [0.15, 0.2) is 17.1 Å². The number of hydrogen-bond donors (Lipinski definition) is 2. The van der Waals surface area contributed by atoms with Gasteiger partial charge in [-0.3, -0.25) is 19.5 Å². The SMILES string of the molecule is CCNC(=NCC(CC)CC)NCCCN1C(=O)C2C3C=CC(C3)C2C1=O. The largest absolute Gasteiger partial charge is 0.357 e. The fourth-order valence-corrected chi connectivity index (χ4v) is 4.74. The fourth-order valence-electron chi connectivity index (χ4n) is 4.74. The quantitative estimate of drug-likeness (QED) is 0.213. The van der Waals surface area contributed by atoms with Crippen molar-refractivity contribution >= 4 is 17.8 Å². The molecule has 0 aromatic carbocycles. The Morgan fingerprint density at radius 1 is 1.11 bits per heavy atom. The maximum absolute atomic E-state index is 12.7. The highest BCUT2D eigenvalue weighted by atomic mass is 16.2. The average Bonchev–Trinajstić information content (AvgIpc) is 3.34. The Balaban J connectivity index is 1.46. The molecule has 6 heteroatoms. The molecule has 0 aromatic rings. The number of likely N-dealkylation sites (tertiary alicyclic amines) is 1. The molecule has 4 atom stereocenters. The van der Waals surface area contributed by atoms with E-state index >= 15 is 0 Å². The van der Waals surface area contributed by atoms with Crippen LogP contribution in [-0.4, -0.2) is 48.9 Å². The zero-order chi connectivity index (χ0) is 19.4. The van der Waals surface area contributed by atoms with Gasteiger partial charge in [0.1, 0.15) is 0 Å². The van der Waals surface area contributed by atoms with E-state index in [4.69, 9.17) is 0 Å². The molecule has 3 aliphatic rings. The minimum Gasteiger partial charge on any atom is -0.357 e. The van der Waals surface area contributed by atoms with Gasteiger partial charge in [0.05, 0.1) is 11.8 Å². The molecule has 2 fully saturated rings. The van der Waals surface area contributed by atoms with E-state index in [1.54, 1.807) is 0 Å². The Kier molecular flexibility index (Phi) is 6.55. The zero-order valence-corrected chi connectivity index (χ0v) is 16.9.